The van der Waals surface area contributed by atoms with Gasteiger partial charge in [0.1, 0.15) is 0 Å². The molecule has 8 bridgehead atoms. The van der Waals surface area contributed by atoms with Crippen LogP contribution in [-0.2, 0) is 33.1 Å². The van der Waals surface area contributed by atoms with E-state index in [4.69, 9.17) is 20.3 Å². The van der Waals surface area contributed by atoms with Crippen molar-refractivity contribution in [3.8, 4) is 0 Å². The van der Waals surface area contributed by atoms with Crippen molar-refractivity contribution >= 4 is 48.4 Å². The van der Waals surface area contributed by atoms with Gasteiger partial charge in [-0.15, -0.1) is 44.6 Å². The number of carboxylic acids is 2. The minimum atomic E-state index is -0.890. The van der Waals surface area contributed by atoms with Gasteiger partial charge in [0.15, 0.2) is 0 Å². The van der Waals surface area contributed by atoms with Crippen LogP contribution in [-0.4, -0.2) is 28.2 Å². The first-order valence-electron chi connectivity index (χ1n) is 14.0. The largest absolute Gasteiger partial charge is 4.00 e. The van der Waals surface area contributed by atoms with E-state index in [0.717, 1.165) is 55.3 Å². The summed E-state index contributed by atoms with van der Waals surface area (Å²) in [5.41, 5.74) is 8.60. The fourth-order valence-electron chi connectivity index (χ4n) is 5.94. The molecule has 9 heteroatoms. The molecule has 2 aliphatic rings. The molecule has 2 N–H and O–H groups in total. The number of hydrogen-bond donors (Lipinski definition) is 2. The molecule has 3 aromatic heterocycles. The summed E-state index contributed by atoms with van der Waals surface area (Å²) in [6.07, 6.45) is 12.0. The van der Waals surface area contributed by atoms with Crippen molar-refractivity contribution in [1.29, 1.82) is 0 Å². The zero-order chi connectivity index (χ0) is 30.3. The Morgan fingerprint density at radius 3 is 2.07 bits per heavy atom. The third kappa shape index (κ3) is 6.01. The van der Waals surface area contributed by atoms with Crippen LogP contribution in [0.5, 0.6) is 0 Å². The van der Waals surface area contributed by atoms with Gasteiger partial charge in [-0.1, -0.05) is 84.3 Å². The first-order valence-corrected chi connectivity index (χ1v) is 14.0. The Morgan fingerprint density at radius 1 is 0.791 bits per heavy atom. The van der Waals surface area contributed by atoms with Crippen LogP contribution in [0.15, 0.2) is 24.4 Å². The number of fused-ring (bicyclic) bond motifs is 8. The molecule has 2 unspecified atom stereocenters. The second-order valence-corrected chi connectivity index (χ2v) is 10.9. The van der Waals surface area contributed by atoms with E-state index < -0.39 is 11.9 Å². The van der Waals surface area contributed by atoms with Crippen molar-refractivity contribution in [3.05, 3.63) is 95.9 Å². The number of aliphatic carboxylic acids is 2. The molecule has 0 aromatic carbocycles. The Hall–Kier alpha value is -4.20. The predicted molar refractivity (Wildman–Crippen MR) is 164 cm³/mol. The SMILES string of the molecule is C=Cc1c2[n-]c(c1C)/C=c1\[n-]/c(c(C)c1C=C)=C\C1[N-]C(=C(CCC(=O)O)C1C)/C=c1\[n-]/c(c(C)c1CCC(=O)O)=C\2.[Fe+4]. The van der Waals surface area contributed by atoms with Gasteiger partial charge < -0.3 is 30.5 Å². The predicted octanol–water partition coefficient (Wildman–Crippen LogP) is 2.53. The Kier molecular flexibility index (Phi) is 9.28. The van der Waals surface area contributed by atoms with Crippen LogP contribution in [0.3, 0.4) is 0 Å². The monoisotopic (exact) mass is 618 g/mol. The van der Waals surface area contributed by atoms with Gasteiger partial charge in [-0.25, -0.2) is 0 Å². The third-order valence-electron chi connectivity index (χ3n) is 8.43. The number of aromatic nitrogens is 3. The number of nitrogens with zero attached hydrogens (tertiary/aromatic N) is 4. The first-order chi connectivity index (χ1) is 20.0. The molecule has 0 amide bonds. The molecule has 0 radical (unpaired) electrons. The Balaban J connectivity index is 0.00000423. The van der Waals surface area contributed by atoms with Crippen LogP contribution in [0, 0.1) is 26.7 Å². The maximum atomic E-state index is 11.5. The summed E-state index contributed by atoms with van der Waals surface area (Å²) in [6, 6.07) is -0.255. The van der Waals surface area contributed by atoms with Gasteiger partial charge in [0.2, 0.25) is 0 Å². The van der Waals surface area contributed by atoms with E-state index in [-0.39, 0.29) is 41.9 Å². The van der Waals surface area contributed by atoms with Crippen LogP contribution in [0.4, 0.5) is 0 Å². The van der Waals surface area contributed by atoms with Crippen LogP contribution < -0.4 is 36.3 Å². The van der Waals surface area contributed by atoms with Crippen molar-refractivity contribution in [2.75, 3.05) is 0 Å². The van der Waals surface area contributed by atoms with Gasteiger partial charge in [0, 0.05) is 12.8 Å². The standard InChI is InChI=1S/C34H34N4O4.Fe/c1-7-21-17(3)25-13-26-19(5)23(9-11-33(39)40)31(37-26)16-32-24(10-12-34(41)42)20(6)28(38-32)15-30-22(8-2)18(4)27(36-30)14-29(21)35-25;/h7-8,13-16,19,26H,1-2,9-12H2,3-6H3,(H,39,40)(H,41,42);/q-4;+4/b25-13-,28-15-,29-14-,32-16-;. The van der Waals surface area contributed by atoms with Crippen molar-refractivity contribution in [2.24, 2.45) is 5.92 Å². The molecule has 0 saturated carbocycles. The van der Waals surface area contributed by atoms with E-state index in [1.807, 2.05) is 51.2 Å². The molecule has 3 aromatic rings. The van der Waals surface area contributed by atoms with Crippen molar-refractivity contribution in [1.82, 2.24) is 15.0 Å². The second-order valence-electron chi connectivity index (χ2n) is 10.9. The number of rotatable bonds is 8. The summed E-state index contributed by atoms with van der Waals surface area (Å²) < 4.78 is 0. The maximum absolute atomic E-state index is 11.5. The van der Waals surface area contributed by atoms with Gasteiger partial charge >= 0.3 is 29.0 Å². The fourth-order valence-corrected chi connectivity index (χ4v) is 5.94. The molecule has 8 nitrogen and oxygen atoms in total. The molecule has 43 heavy (non-hydrogen) atoms. The van der Waals surface area contributed by atoms with E-state index in [9.17, 15) is 19.8 Å². The van der Waals surface area contributed by atoms with Gasteiger partial charge in [-0.05, 0) is 50.7 Å². The van der Waals surface area contributed by atoms with E-state index in [1.54, 1.807) is 6.08 Å². The van der Waals surface area contributed by atoms with E-state index in [0.29, 0.717) is 34.9 Å². The molecule has 0 fully saturated rings. The molecular weight excluding hydrogens is 584 g/mol. The Morgan fingerprint density at radius 2 is 1.42 bits per heavy atom. The first kappa shape index (κ1) is 31.7. The van der Waals surface area contributed by atoms with Crippen LogP contribution in [0.2, 0.25) is 0 Å². The zero-order valence-electron chi connectivity index (χ0n) is 24.7. The topological polar surface area (TPSA) is 131 Å². The minimum absolute atomic E-state index is 0. The quantitative estimate of drug-likeness (QED) is 0.371. The van der Waals surface area contributed by atoms with Crippen molar-refractivity contribution in [2.45, 2.75) is 59.4 Å². The summed E-state index contributed by atoms with van der Waals surface area (Å²) in [5.74, 6) is -1.82. The smallest absolute Gasteiger partial charge is 0.678 e. The normalized spacial score (nSPS) is 20.2. The summed E-state index contributed by atoms with van der Waals surface area (Å²) >= 11 is 0. The Bertz CT molecular complexity index is 1920. The van der Waals surface area contributed by atoms with Gasteiger partial charge in [0.25, 0.3) is 0 Å². The van der Waals surface area contributed by atoms with E-state index in [1.165, 1.54) is 0 Å². The summed E-state index contributed by atoms with van der Waals surface area (Å²) in [7, 11) is 0. The molecule has 5 rings (SSSR count). The molecule has 0 saturated heterocycles. The Labute approximate surface area is 260 Å². The number of carboxylic acid groups (broad SMARTS) is 2. The van der Waals surface area contributed by atoms with Crippen LogP contribution in [0.1, 0.15) is 71.0 Å². The van der Waals surface area contributed by atoms with Gasteiger partial charge in [0.05, 0.1) is 0 Å². The summed E-state index contributed by atoms with van der Waals surface area (Å²) in [4.78, 5) is 37.9. The molecule has 0 spiro atoms. The van der Waals surface area contributed by atoms with Crippen LogP contribution in [0.25, 0.3) is 41.8 Å². The average molecular weight is 619 g/mol. The van der Waals surface area contributed by atoms with E-state index in [2.05, 4.69) is 20.1 Å². The number of carbonyl (C=O) groups is 2. The van der Waals surface area contributed by atoms with Crippen molar-refractivity contribution in [3.63, 3.8) is 0 Å². The number of hydrogen-bond acceptors (Lipinski definition) is 2. The summed E-state index contributed by atoms with van der Waals surface area (Å²) in [6.45, 7) is 16.1. The van der Waals surface area contributed by atoms with Gasteiger partial charge in [-0.2, -0.15) is 0 Å². The van der Waals surface area contributed by atoms with Crippen LogP contribution >= 0.6 is 0 Å². The molecule has 0 aliphatic carbocycles. The molecule has 222 valence electrons. The second kappa shape index (κ2) is 12.6. The molecule has 2 aliphatic heterocycles. The van der Waals surface area contributed by atoms with Crippen molar-refractivity contribution < 1.29 is 36.9 Å². The molecule has 2 atom stereocenters. The van der Waals surface area contributed by atoms with E-state index >= 15 is 0 Å². The average Bonchev–Trinajstić information content (AvgIpc) is 3.59. The fraction of sp³-hybridized carbons (Fsp3) is 0.294. The van der Waals surface area contributed by atoms with Gasteiger partial charge in [-0.3, -0.25) is 9.59 Å². The minimum Gasteiger partial charge on any atom is -0.678 e. The third-order valence-corrected chi connectivity index (χ3v) is 8.43. The summed E-state index contributed by atoms with van der Waals surface area (Å²) in [5, 5.41) is 26.8. The maximum Gasteiger partial charge on any atom is 4.00 e. The molecule has 5 heterocycles. The molecular formula is C34H34FeN4O4. The zero-order valence-corrected chi connectivity index (χ0v) is 25.8. The number of allylic oxidation sites excluding steroid dienone is 1.